The Morgan fingerprint density at radius 3 is 2.64 bits per heavy atom. The van der Waals surface area contributed by atoms with Crippen LogP contribution in [0.4, 0.5) is 0 Å². The van der Waals surface area contributed by atoms with Gasteiger partial charge in [0, 0.05) is 51.4 Å². The van der Waals surface area contributed by atoms with E-state index in [1.807, 2.05) is 0 Å². The van der Waals surface area contributed by atoms with E-state index in [4.69, 9.17) is 4.74 Å². The number of morpholine rings is 1. The van der Waals surface area contributed by atoms with Crippen LogP contribution in [0.2, 0.25) is 0 Å². The lowest BCUT2D eigenvalue weighted by atomic mass is 10.1. The molecule has 0 saturated carbocycles. The second kappa shape index (κ2) is 3.77. The molecule has 4 nitrogen and oxygen atoms in total. The molecule has 14 heavy (non-hydrogen) atoms. The van der Waals surface area contributed by atoms with Crippen molar-refractivity contribution >= 4 is 0 Å². The van der Waals surface area contributed by atoms with Crippen molar-refractivity contribution in [2.24, 2.45) is 0 Å². The summed E-state index contributed by atoms with van der Waals surface area (Å²) in [5.41, 5.74) is 0. The van der Waals surface area contributed by atoms with Crippen molar-refractivity contribution in [3.8, 4) is 0 Å². The minimum Gasteiger partial charge on any atom is -0.378 e. The first-order chi connectivity index (χ1) is 6.93. The second-order valence-corrected chi connectivity index (χ2v) is 4.57. The Labute approximate surface area is 85.2 Å². The number of piperazine rings is 1. The fraction of sp³-hybridized carbons (Fsp3) is 1.00. The number of hydrogen-bond donors (Lipinski definition) is 1. The van der Waals surface area contributed by atoms with Crippen LogP contribution in [0, 0.1) is 0 Å². The predicted octanol–water partition coefficient (Wildman–Crippen LogP) is -1.03. The average molecular weight is 197 g/mol. The van der Waals surface area contributed by atoms with Crippen molar-refractivity contribution in [1.82, 2.24) is 15.1 Å². The van der Waals surface area contributed by atoms with Gasteiger partial charge in [-0.1, -0.05) is 0 Å². The van der Waals surface area contributed by atoms with Crippen LogP contribution in [0.15, 0.2) is 0 Å². The van der Waals surface area contributed by atoms with Gasteiger partial charge in [0.05, 0.1) is 13.2 Å². The molecule has 1 atom stereocenters. The van der Waals surface area contributed by atoms with E-state index in [0.717, 1.165) is 25.8 Å². The van der Waals surface area contributed by atoms with E-state index in [1.165, 1.54) is 32.7 Å². The molecule has 0 radical (unpaired) electrons. The average Bonchev–Trinajstić information content (AvgIpc) is 2.15. The fourth-order valence-electron chi connectivity index (χ4n) is 2.63. The van der Waals surface area contributed by atoms with Gasteiger partial charge in [-0.15, -0.1) is 0 Å². The number of nitrogens with one attached hydrogen (secondary N) is 1. The summed E-state index contributed by atoms with van der Waals surface area (Å²) < 4.78 is 5.53. The van der Waals surface area contributed by atoms with Gasteiger partial charge in [0.15, 0.2) is 0 Å². The highest BCUT2D eigenvalue weighted by atomic mass is 16.5. The van der Waals surface area contributed by atoms with Crippen LogP contribution >= 0.6 is 0 Å². The summed E-state index contributed by atoms with van der Waals surface area (Å²) in [5, 5.41) is 3.34. The van der Waals surface area contributed by atoms with Crippen LogP contribution < -0.4 is 5.32 Å². The lowest BCUT2D eigenvalue weighted by Crippen LogP contribution is -2.65. The third kappa shape index (κ3) is 1.56. The monoisotopic (exact) mass is 197 g/mol. The summed E-state index contributed by atoms with van der Waals surface area (Å²) in [6.07, 6.45) is 0. The largest absolute Gasteiger partial charge is 0.378 e. The van der Waals surface area contributed by atoms with Crippen LogP contribution in [-0.4, -0.2) is 74.4 Å². The summed E-state index contributed by atoms with van der Waals surface area (Å²) in [5.74, 6) is 0. The Hall–Kier alpha value is -0.160. The van der Waals surface area contributed by atoms with Gasteiger partial charge in [-0.2, -0.15) is 0 Å². The van der Waals surface area contributed by atoms with E-state index in [9.17, 15) is 0 Å². The molecular formula is C10H19N3O. The van der Waals surface area contributed by atoms with Gasteiger partial charge in [0.1, 0.15) is 0 Å². The molecule has 0 aromatic rings. The fourth-order valence-corrected chi connectivity index (χ4v) is 2.63. The quantitative estimate of drug-likeness (QED) is 0.582. The zero-order valence-electron chi connectivity index (χ0n) is 8.61. The predicted molar refractivity (Wildman–Crippen MR) is 54.4 cm³/mol. The Morgan fingerprint density at radius 2 is 1.86 bits per heavy atom. The van der Waals surface area contributed by atoms with Gasteiger partial charge >= 0.3 is 0 Å². The standard InChI is InChI=1S/C10H19N3O/c1-2-13(9-5-11-6-9)7-10-8-14-4-3-12(1)10/h9-11H,1-8H2. The zero-order chi connectivity index (χ0) is 9.38. The van der Waals surface area contributed by atoms with Gasteiger partial charge in [-0.3, -0.25) is 9.80 Å². The summed E-state index contributed by atoms with van der Waals surface area (Å²) in [7, 11) is 0. The Bertz CT molecular complexity index is 208. The van der Waals surface area contributed by atoms with Crippen LogP contribution in [0.3, 0.4) is 0 Å². The molecule has 1 unspecified atom stereocenters. The van der Waals surface area contributed by atoms with Crippen molar-refractivity contribution < 1.29 is 4.74 Å². The van der Waals surface area contributed by atoms with E-state index >= 15 is 0 Å². The first-order valence-corrected chi connectivity index (χ1v) is 5.70. The molecule has 1 N–H and O–H groups in total. The summed E-state index contributed by atoms with van der Waals surface area (Å²) in [4.78, 5) is 5.22. The van der Waals surface area contributed by atoms with Gasteiger partial charge in [-0.25, -0.2) is 0 Å². The molecule has 3 aliphatic rings. The molecule has 0 amide bonds. The van der Waals surface area contributed by atoms with Crippen molar-refractivity contribution in [2.45, 2.75) is 12.1 Å². The molecule has 3 rings (SSSR count). The highest BCUT2D eigenvalue weighted by Crippen LogP contribution is 2.16. The number of ether oxygens (including phenoxy) is 1. The Morgan fingerprint density at radius 1 is 1.00 bits per heavy atom. The molecule has 80 valence electrons. The molecular weight excluding hydrogens is 178 g/mol. The summed E-state index contributed by atoms with van der Waals surface area (Å²) in [6.45, 7) is 9.10. The molecule has 3 aliphatic heterocycles. The molecule has 0 aliphatic carbocycles. The molecule has 3 saturated heterocycles. The molecule has 0 bridgehead atoms. The van der Waals surface area contributed by atoms with Gasteiger partial charge in [-0.05, 0) is 0 Å². The minimum atomic E-state index is 0.665. The van der Waals surface area contributed by atoms with E-state index in [2.05, 4.69) is 15.1 Å². The smallest absolute Gasteiger partial charge is 0.0634 e. The number of nitrogens with zero attached hydrogens (tertiary/aromatic N) is 2. The number of hydrogen-bond acceptors (Lipinski definition) is 4. The normalized spacial score (nSPS) is 36.4. The van der Waals surface area contributed by atoms with Gasteiger partial charge < -0.3 is 10.1 Å². The van der Waals surface area contributed by atoms with Crippen molar-refractivity contribution in [1.29, 1.82) is 0 Å². The van der Waals surface area contributed by atoms with Crippen LogP contribution in [0.5, 0.6) is 0 Å². The highest BCUT2D eigenvalue weighted by Gasteiger charge is 2.34. The van der Waals surface area contributed by atoms with Crippen LogP contribution in [0.25, 0.3) is 0 Å². The van der Waals surface area contributed by atoms with Crippen molar-refractivity contribution in [2.75, 3.05) is 52.5 Å². The molecule has 3 fully saturated rings. The van der Waals surface area contributed by atoms with Crippen molar-refractivity contribution in [3.63, 3.8) is 0 Å². The Balaban J connectivity index is 1.59. The van der Waals surface area contributed by atoms with E-state index in [-0.39, 0.29) is 0 Å². The van der Waals surface area contributed by atoms with E-state index < -0.39 is 0 Å². The number of rotatable bonds is 1. The van der Waals surface area contributed by atoms with Crippen LogP contribution in [0.1, 0.15) is 0 Å². The van der Waals surface area contributed by atoms with E-state index in [0.29, 0.717) is 6.04 Å². The topological polar surface area (TPSA) is 27.7 Å². The lowest BCUT2D eigenvalue weighted by molar-refractivity contribution is -0.0572. The first kappa shape index (κ1) is 9.09. The maximum Gasteiger partial charge on any atom is 0.0634 e. The van der Waals surface area contributed by atoms with Crippen molar-refractivity contribution in [3.05, 3.63) is 0 Å². The third-order valence-electron chi connectivity index (χ3n) is 3.75. The second-order valence-electron chi connectivity index (χ2n) is 4.57. The molecule has 0 aromatic heterocycles. The number of fused-ring (bicyclic) bond motifs is 1. The first-order valence-electron chi connectivity index (χ1n) is 5.70. The van der Waals surface area contributed by atoms with Crippen LogP contribution in [-0.2, 0) is 4.74 Å². The minimum absolute atomic E-state index is 0.665. The maximum absolute atomic E-state index is 5.53. The van der Waals surface area contributed by atoms with Gasteiger partial charge in [0.25, 0.3) is 0 Å². The van der Waals surface area contributed by atoms with E-state index in [1.54, 1.807) is 0 Å². The molecule has 4 heteroatoms. The summed E-state index contributed by atoms with van der Waals surface area (Å²) >= 11 is 0. The molecule has 0 aromatic carbocycles. The molecule has 0 spiro atoms. The molecule has 3 heterocycles. The lowest BCUT2D eigenvalue weighted by Gasteiger charge is -2.48. The SMILES string of the molecule is C1CN2CCN(C3CNC3)CC2CO1. The summed E-state index contributed by atoms with van der Waals surface area (Å²) in [6, 6.07) is 1.47. The van der Waals surface area contributed by atoms with Gasteiger partial charge in [0.2, 0.25) is 0 Å². The maximum atomic E-state index is 5.53. The Kier molecular flexibility index (Phi) is 2.45. The third-order valence-corrected chi connectivity index (χ3v) is 3.75. The zero-order valence-corrected chi connectivity index (χ0v) is 8.61. The highest BCUT2D eigenvalue weighted by molar-refractivity contribution is 4.91.